The average molecular weight is 756 g/mol. The molecule has 8 heteroatoms. The Hall–Kier alpha value is -6.64. The van der Waals surface area contributed by atoms with Crippen LogP contribution in [0.4, 0.5) is 11.4 Å². The van der Waals surface area contributed by atoms with E-state index in [0.717, 1.165) is 32.1 Å². The van der Waals surface area contributed by atoms with Crippen LogP contribution < -0.4 is 26.1 Å². The highest BCUT2D eigenvalue weighted by Crippen LogP contribution is 2.20. The van der Waals surface area contributed by atoms with Crippen molar-refractivity contribution in [3.63, 3.8) is 0 Å². The molecule has 0 bridgehead atoms. The molecule has 0 atom stereocenters. The van der Waals surface area contributed by atoms with Gasteiger partial charge in [0.15, 0.2) is 42.8 Å². The highest BCUT2D eigenvalue weighted by Gasteiger charge is 2.41. The number of hydrogen-bond donors (Lipinski definition) is 1. The fourth-order valence-electron chi connectivity index (χ4n) is 6.98. The van der Waals surface area contributed by atoms with Crippen LogP contribution in [0.2, 0.25) is 0 Å². The van der Waals surface area contributed by atoms with E-state index < -0.39 is 8.07 Å². The molecule has 56 heavy (non-hydrogen) atoms. The van der Waals surface area contributed by atoms with E-state index in [-0.39, 0.29) is 47.5 Å². The van der Waals surface area contributed by atoms with E-state index in [0.29, 0.717) is 33.4 Å². The monoisotopic (exact) mass is 755 g/mol. The molecule has 0 heterocycles. The van der Waals surface area contributed by atoms with E-state index in [1.165, 1.54) is 27.7 Å². The lowest BCUT2D eigenvalue weighted by Gasteiger charge is -2.35. The first-order chi connectivity index (χ1) is 26.9. The van der Waals surface area contributed by atoms with Crippen molar-refractivity contribution in [2.75, 3.05) is 5.32 Å². The highest BCUT2D eigenvalue weighted by molar-refractivity contribution is 7.19. The molecule has 0 aliphatic rings. The molecular weight excluding hydrogens is 715 g/mol. The minimum absolute atomic E-state index is 0.00422. The topological polar surface area (TPSA) is 114 Å². The van der Waals surface area contributed by atoms with Gasteiger partial charge in [-0.15, -0.1) is 0 Å². The van der Waals surface area contributed by atoms with Crippen molar-refractivity contribution in [1.29, 1.82) is 0 Å². The van der Waals surface area contributed by atoms with Crippen molar-refractivity contribution in [3.8, 4) is 0 Å². The van der Waals surface area contributed by atoms with Gasteiger partial charge in [0, 0.05) is 57.6 Å². The van der Waals surface area contributed by atoms with E-state index in [1.807, 2.05) is 97.1 Å². The number of carbonyl (C=O) groups is 6. The Morgan fingerprint density at radius 2 is 0.554 bits per heavy atom. The van der Waals surface area contributed by atoms with Crippen LogP contribution in [0.3, 0.4) is 0 Å². The van der Waals surface area contributed by atoms with Gasteiger partial charge in [-0.2, -0.15) is 0 Å². The minimum Gasteiger partial charge on any atom is -0.356 e. The van der Waals surface area contributed by atoms with Gasteiger partial charge >= 0.3 is 0 Å². The molecular formula is C48H41NO6Si. The predicted molar refractivity (Wildman–Crippen MR) is 224 cm³/mol. The van der Waals surface area contributed by atoms with Gasteiger partial charge in [0.05, 0.1) is 0 Å². The summed E-state index contributed by atoms with van der Waals surface area (Å²) in [7, 11) is -3.17. The Balaban J connectivity index is 1.28. The van der Waals surface area contributed by atoms with Crippen LogP contribution >= 0.6 is 0 Å². The summed E-state index contributed by atoms with van der Waals surface area (Å²) in [5.74, 6) is -0.461. The van der Waals surface area contributed by atoms with E-state index in [9.17, 15) is 28.8 Å². The number of ketones is 6. The smallest absolute Gasteiger partial charge is 0.179 e. The largest absolute Gasteiger partial charge is 0.356 e. The zero-order valence-electron chi connectivity index (χ0n) is 31.7. The lowest BCUT2D eigenvalue weighted by molar-refractivity contribution is 0.0917. The summed E-state index contributed by atoms with van der Waals surface area (Å²) < 4.78 is 0. The molecule has 0 spiro atoms. The fraction of sp³-hybridized carbons (Fsp3) is 0.125. The first-order valence-electron chi connectivity index (χ1n) is 18.4. The Kier molecular flexibility index (Phi) is 11.7. The second-order valence-corrected chi connectivity index (χ2v) is 17.7. The molecule has 0 unspecified atom stereocenters. The van der Waals surface area contributed by atoms with Crippen molar-refractivity contribution in [1.82, 2.24) is 0 Å². The summed E-state index contributed by atoms with van der Waals surface area (Å²) in [5, 5.41) is 7.15. The van der Waals surface area contributed by atoms with Gasteiger partial charge in [-0.1, -0.05) is 97.1 Å². The summed E-state index contributed by atoms with van der Waals surface area (Å²) in [4.78, 5) is 75.1. The SMILES string of the molecule is CC(=O)c1ccc(Nc2ccc(C(=O)CCC(=O)c3ccc([Si](c4ccc(C(C)=O)cc4)(c4ccc(C(C)=O)cc4)c4ccc(C(C)=O)cc4)cc3)cc2)cc1. The van der Waals surface area contributed by atoms with E-state index in [4.69, 9.17) is 0 Å². The quantitative estimate of drug-likeness (QED) is 0.0658. The maximum atomic E-state index is 13.5. The van der Waals surface area contributed by atoms with Crippen molar-refractivity contribution >= 4 is 74.9 Å². The van der Waals surface area contributed by atoms with E-state index in [2.05, 4.69) is 5.32 Å². The fourth-order valence-corrected chi connectivity index (χ4v) is 11.6. The van der Waals surface area contributed by atoms with Crippen LogP contribution in [0.1, 0.15) is 103 Å². The molecule has 0 fully saturated rings. The molecule has 7 nitrogen and oxygen atoms in total. The molecule has 0 saturated heterocycles. The van der Waals surface area contributed by atoms with Gasteiger partial charge in [0.25, 0.3) is 0 Å². The Labute approximate surface area is 327 Å². The second-order valence-electron chi connectivity index (χ2n) is 13.9. The molecule has 1 N–H and O–H groups in total. The maximum Gasteiger partial charge on any atom is 0.179 e. The number of rotatable bonds is 15. The molecule has 0 radical (unpaired) electrons. The number of nitrogens with one attached hydrogen (secondary N) is 1. The van der Waals surface area contributed by atoms with E-state index in [1.54, 1.807) is 48.5 Å². The minimum atomic E-state index is -3.17. The summed E-state index contributed by atoms with van der Waals surface area (Å²) in [6.45, 7) is 6.10. The predicted octanol–water partition coefficient (Wildman–Crippen LogP) is 7.46. The number of Topliss-reactive ketones (excluding diaryl/α,β-unsaturated/α-hetero) is 6. The summed E-state index contributed by atoms with van der Waals surface area (Å²) in [6, 6.07) is 44.5. The van der Waals surface area contributed by atoms with Crippen molar-refractivity contribution < 1.29 is 28.8 Å². The van der Waals surface area contributed by atoms with Crippen LogP contribution in [0.5, 0.6) is 0 Å². The van der Waals surface area contributed by atoms with Gasteiger partial charge in [-0.05, 0) is 97.0 Å². The van der Waals surface area contributed by atoms with E-state index >= 15 is 0 Å². The van der Waals surface area contributed by atoms with Crippen LogP contribution in [0, 0.1) is 0 Å². The van der Waals surface area contributed by atoms with Crippen LogP contribution in [-0.2, 0) is 0 Å². The van der Waals surface area contributed by atoms with Crippen molar-refractivity contribution in [2.24, 2.45) is 0 Å². The van der Waals surface area contributed by atoms with Gasteiger partial charge < -0.3 is 5.32 Å². The molecule has 0 aliphatic heterocycles. The third kappa shape index (κ3) is 8.36. The lowest BCUT2D eigenvalue weighted by Crippen LogP contribution is -2.74. The van der Waals surface area contributed by atoms with Crippen LogP contribution in [0.25, 0.3) is 0 Å². The Bertz CT molecular complexity index is 2290. The third-order valence-corrected chi connectivity index (χ3v) is 15.0. The molecule has 0 aromatic heterocycles. The number of hydrogen-bond acceptors (Lipinski definition) is 7. The first kappa shape index (κ1) is 39.1. The standard InChI is InChI=1S/C48H41NO6Si/c1-31(50)35-5-17-41(18-6-35)49-42-19-7-39(8-20-42)47(54)29-30-48(55)40-15-27-46(28-16-40)56(43-21-9-36(10-22-43)32(2)51,44-23-11-37(12-24-44)33(3)52)45-25-13-38(14-26-45)34(4)53/h5-28,49H,29-30H2,1-4H3. The Morgan fingerprint density at radius 1 is 0.339 bits per heavy atom. The first-order valence-corrected chi connectivity index (χ1v) is 20.4. The maximum absolute atomic E-state index is 13.5. The van der Waals surface area contributed by atoms with Crippen LogP contribution in [0.15, 0.2) is 146 Å². The second kappa shape index (κ2) is 16.8. The normalized spacial score (nSPS) is 11.1. The van der Waals surface area contributed by atoms with Gasteiger partial charge in [-0.3, -0.25) is 28.8 Å². The lowest BCUT2D eigenvalue weighted by atomic mass is 10.0. The average Bonchev–Trinajstić information content (AvgIpc) is 3.21. The van der Waals surface area contributed by atoms with Crippen LogP contribution in [-0.4, -0.2) is 42.8 Å². The molecule has 6 rings (SSSR count). The van der Waals surface area contributed by atoms with Gasteiger partial charge in [0.1, 0.15) is 0 Å². The summed E-state index contributed by atoms with van der Waals surface area (Å²) in [6.07, 6.45) is 0.0842. The molecule has 278 valence electrons. The number of anilines is 2. The summed E-state index contributed by atoms with van der Waals surface area (Å²) >= 11 is 0. The van der Waals surface area contributed by atoms with Crippen molar-refractivity contribution in [2.45, 2.75) is 40.5 Å². The number of benzene rings is 6. The summed E-state index contributed by atoms with van der Waals surface area (Å²) in [5.41, 5.74) is 4.95. The molecule has 0 saturated carbocycles. The van der Waals surface area contributed by atoms with Gasteiger partial charge in [-0.25, -0.2) is 0 Å². The Morgan fingerprint density at radius 3 is 0.804 bits per heavy atom. The molecule has 6 aromatic rings. The van der Waals surface area contributed by atoms with Crippen molar-refractivity contribution in [3.05, 3.63) is 179 Å². The molecule has 0 amide bonds. The third-order valence-electron chi connectivity index (χ3n) is 10.2. The highest BCUT2D eigenvalue weighted by atomic mass is 28.3. The van der Waals surface area contributed by atoms with Gasteiger partial charge in [0.2, 0.25) is 0 Å². The molecule has 6 aromatic carbocycles. The zero-order valence-corrected chi connectivity index (χ0v) is 32.7. The molecule has 0 aliphatic carbocycles. The zero-order chi connectivity index (χ0) is 40.0. The number of carbonyl (C=O) groups excluding carboxylic acids is 6.